The Balaban J connectivity index is 1.87. The first-order valence-corrected chi connectivity index (χ1v) is 6.98. The van der Waals surface area contributed by atoms with E-state index in [0.29, 0.717) is 19.1 Å². The molecule has 0 radical (unpaired) electrons. The quantitative estimate of drug-likeness (QED) is 0.786. The average molecular weight is 269 g/mol. The van der Waals surface area contributed by atoms with Gasteiger partial charge in [-0.3, -0.25) is 0 Å². The monoisotopic (exact) mass is 269 g/mol. The molecular formula is C13H23N3O3. The van der Waals surface area contributed by atoms with E-state index in [0.717, 1.165) is 25.8 Å². The highest BCUT2D eigenvalue weighted by Gasteiger charge is 2.39. The van der Waals surface area contributed by atoms with Gasteiger partial charge in [0.2, 0.25) is 0 Å². The highest BCUT2D eigenvalue weighted by Crippen LogP contribution is 2.24. The van der Waals surface area contributed by atoms with E-state index in [9.17, 15) is 14.7 Å². The van der Waals surface area contributed by atoms with E-state index >= 15 is 0 Å². The van der Waals surface area contributed by atoms with Gasteiger partial charge in [0, 0.05) is 19.1 Å². The summed E-state index contributed by atoms with van der Waals surface area (Å²) in [5.74, 6) is -0.879. The second kappa shape index (κ2) is 5.77. The summed E-state index contributed by atoms with van der Waals surface area (Å²) in [7, 11) is 2.06. The van der Waals surface area contributed by atoms with Gasteiger partial charge in [-0.25, -0.2) is 9.59 Å². The number of carboxylic acids is 1. The molecule has 2 aliphatic heterocycles. The van der Waals surface area contributed by atoms with Gasteiger partial charge in [-0.05, 0) is 38.8 Å². The first-order chi connectivity index (χ1) is 9.00. The first kappa shape index (κ1) is 14.1. The summed E-state index contributed by atoms with van der Waals surface area (Å²) in [5.41, 5.74) is 0. The molecule has 0 aromatic heterocycles. The van der Waals surface area contributed by atoms with Crippen molar-refractivity contribution in [3.8, 4) is 0 Å². The third kappa shape index (κ3) is 3.00. The smallest absolute Gasteiger partial charge is 0.326 e. The number of carbonyl (C=O) groups excluding carboxylic acids is 1. The van der Waals surface area contributed by atoms with Crippen molar-refractivity contribution in [3.05, 3.63) is 0 Å². The molecule has 2 fully saturated rings. The van der Waals surface area contributed by atoms with Crippen LogP contribution in [0, 0.1) is 5.92 Å². The van der Waals surface area contributed by atoms with Gasteiger partial charge in [0.25, 0.3) is 0 Å². The van der Waals surface area contributed by atoms with Gasteiger partial charge in [-0.15, -0.1) is 0 Å². The molecule has 3 unspecified atom stereocenters. The van der Waals surface area contributed by atoms with Gasteiger partial charge in [0.15, 0.2) is 0 Å². The Morgan fingerprint density at radius 1 is 1.32 bits per heavy atom. The fourth-order valence-corrected chi connectivity index (χ4v) is 3.10. The summed E-state index contributed by atoms with van der Waals surface area (Å²) in [6.45, 7) is 4.09. The van der Waals surface area contributed by atoms with Crippen LogP contribution in [0.1, 0.15) is 26.2 Å². The van der Waals surface area contributed by atoms with Crippen LogP contribution in [0.15, 0.2) is 0 Å². The lowest BCUT2D eigenvalue weighted by Crippen LogP contribution is -2.49. The second-order valence-corrected chi connectivity index (χ2v) is 5.71. The highest BCUT2D eigenvalue weighted by atomic mass is 16.4. The second-order valence-electron chi connectivity index (χ2n) is 5.71. The molecule has 19 heavy (non-hydrogen) atoms. The largest absolute Gasteiger partial charge is 0.480 e. The van der Waals surface area contributed by atoms with Crippen molar-refractivity contribution in [2.24, 2.45) is 5.92 Å². The molecule has 6 heteroatoms. The Kier molecular flexibility index (Phi) is 4.29. The van der Waals surface area contributed by atoms with Crippen molar-refractivity contribution in [1.82, 2.24) is 15.1 Å². The number of amides is 2. The lowest BCUT2D eigenvalue weighted by atomic mass is 10.0. The van der Waals surface area contributed by atoms with Crippen LogP contribution in [-0.4, -0.2) is 65.7 Å². The van der Waals surface area contributed by atoms with Crippen LogP contribution in [-0.2, 0) is 4.79 Å². The van der Waals surface area contributed by atoms with Crippen molar-refractivity contribution < 1.29 is 14.7 Å². The van der Waals surface area contributed by atoms with Crippen LogP contribution in [0.2, 0.25) is 0 Å². The molecule has 2 saturated heterocycles. The molecule has 2 aliphatic rings. The summed E-state index contributed by atoms with van der Waals surface area (Å²) >= 11 is 0. The summed E-state index contributed by atoms with van der Waals surface area (Å²) in [6.07, 6.45) is 3.01. The summed E-state index contributed by atoms with van der Waals surface area (Å²) in [6, 6.07) is -0.536. The predicted octanol–water partition coefficient (Wildman–Crippen LogP) is 0.585. The SMILES string of the molecule is CC1CCN(C(=O)NCC2CCCN2C)C1C(=O)O. The topological polar surface area (TPSA) is 72.9 Å². The van der Waals surface area contributed by atoms with Gasteiger partial charge >= 0.3 is 12.0 Å². The molecule has 2 amide bonds. The minimum atomic E-state index is -0.905. The molecule has 0 aromatic carbocycles. The maximum Gasteiger partial charge on any atom is 0.326 e. The normalized spacial score (nSPS) is 31.7. The van der Waals surface area contributed by atoms with Gasteiger partial charge in [0.1, 0.15) is 6.04 Å². The number of carboxylic acid groups (broad SMARTS) is 1. The zero-order valence-electron chi connectivity index (χ0n) is 11.6. The van der Waals surface area contributed by atoms with E-state index in [1.54, 1.807) is 0 Å². The number of rotatable bonds is 3. The summed E-state index contributed by atoms with van der Waals surface area (Å²) in [4.78, 5) is 27.0. The third-order valence-corrected chi connectivity index (χ3v) is 4.37. The molecule has 0 spiro atoms. The fraction of sp³-hybridized carbons (Fsp3) is 0.846. The van der Waals surface area contributed by atoms with Crippen LogP contribution < -0.4 is 5.32 Å². The number of nitrogens with zero attached hydrogens (tertiary/aromatic N) is 2. The molecule has 108 valence electrons. The molecular weight excluding hydrogens is 246 g/mol. The molecule has 2 N–H and O–H groups in total. The molecule has 0 aliphatic carbocycles. The molecule has 6 nitrogen and oxygen atoms in total. The first-order valence-electron chi connectivity index (χ1n) is 6.98. The standard InChI is InChI=1S/C13H23N3O3/c1-9-5-7-16(11(9)12(17)18)13(19)14-8-10-4-3-6-15(10)2/h9-11H,3-8H2,1-2H3,(H,14,19)(H,17,18). The molecule has 2 heterocycles. The van der Waals surface area contributed by atoms with E-state index in [4.69, 9.17) is 0 Å². The van der Waals surface area contributed by atoms with E-state index in [1.165, 1.54) is 4.90 Å². The van der Waals surface area contributed by atoms with Gasteiger partial charge in [-0.1, -0.05) is 6.92 Å². The van der Waals surface area contributed by atoms with Crippen molar-refractivity contribution >= 4 is 12.0 Å². The van der Waals surface area contributed by atoms with Gasteiger partial charge in [0.05, 0.1) is 0 Å². The lowest BCUT2D eigenvalue weighted by Gasteiger charge is -2.26. The van der Waals surface area contributed by atoms with Crippen molar-refractivity contribution in [3.63, 3.8) is 0 Å². The minimum absolute atomic E-state index is 0.0254. The number of likely N-dealkylation sites (tertiary alicyclic amines) is 2. The van der Waals surface area contributed by atoms with Crippen molar-refractivity contribution in [2.45, 2.75) is 38.3 Å². The van der Waals surface area contributed by atoms with E-state index < -0.39 is 12.0 Å². The van der Waals surface area contributed by atoms with Crippen molar-refractivity contribution in [1.29, 1.82) is 0 Å². The van der Waals surface area contributed by atoms with Crippen LogP contribution in [0.3, 0.4) is 0 Å². The number of nitrogens with one attached hydrogen (secondary N) is 1. The van der Waals surface area contributed by atoms with Crippen LogP contribution >= 0.6 is 0 Å². The van der Waals surface area contributed by atoms with Crippen LogP contribution in [0.5, 0.6) is 0 Å². The number of likely N-dealkylation sites (N-methyl/N-ethyl adjacent to an activating group) is 1. The number of hydrogen-bond donors (Lipinski definition) is 2. The average Bonchev–Trinajstić information content (AvgIpc) is 2.92. The van der Waals surface area contributed by atoms with Crippen molar-refractivity contribution in [2.75, 3.05) is 26.7 Å². The van der Waals surface area contributed by atoms with Gasteiger partial charge in [-0.2, -0.15) is 0 Å². The maximum atomic E-state index is 12.1. The summed E-state index contributed by atoms with van der Waals surface area (Å²) in [5, 5.41) is 12.1. The molecule has 3 atom stereocenters. The molecule has 0 saturated carbocycles. The van der Waals surface area contributed by atoms with E-state index in [2.05, 4.69) is 17.3 Å². The van der Waals surface area contributed by atoms with E-state index in [1.807, 2.05) is 6.92 Å². The lowest BCUT2D eigenvalue weighted by molar-refractivity contribution is -0.142. The maximum absolute atomic E-state index is 12.1. The van der Waals surface area contributed by atoms with Crippen LogP contribution in [0.4, 0.5) is 4.79 Å². The zero-order valence-corrected chi connectivity index (χ0v) is 11.6. The number of hydrogen-bond acceptors (Lipinski definition) is 3. The number of carbonyl (C=O) groups is 2. The predicted molar refractivity (Wildman–Crippen MR) is 71.0 cm³/mol. The Morgan fingerprint density at radius 2 is 2.05 bits per heavy atom. The zero-order chi connectivity index (χ0) is 14.0. The van der Waals surface area contributed by atoms with E-state index in [-0.39, 0.29) is 11.9 Å². The summed E-state index contributed by atoms with van der Waals surface area (Å²) < 4.78 is 0. The molecule has 2 rings (SSSR count). The number of urea groups is 1. The minimum Gasteiger partial charge on any atom is -0.480 e. The Hall–Kier alpha value is -1.30. The van der Waals surface area contributed by atoms with Gasteiger partial charge < -0.3 is 20.2 Å². The fourth-order valence-electron chi connectivity index (χ4n) is 3.10. The molecule has 0 aromatic rings. The Labute approximate surface area is 113 Å². The number of aliphatic carboxylic acids is 1. The highest BCUT2D eigenvalue weighted by molar-refractivity contribution is 5.83. The molecule has 0 bridgehead atoms. The van der Waals surface area contributed by atoms with Crippen LogP contribution in [0.25, 0.3) is 0 Å². The Morgan fingerprint density at radius 3 is 2.63 bits per heavy atom. The third-order valence-electron chi connectivity index (χ3n) is 4.37. The Bertz CT molecular complexity index is 361.